The minimum atomic E-state index is 0.348. The summed E-state index contributed by atoms with van der Waals surface area (Å²) in [6.07, 6.45) is 0. The number of benzene rings is 3. The minimum Gasteiger partial charge on any atom is -0.456 e. The quantitative estimate of drug-likeness (QED) is 0.327. The number of aromatic nitrogens is 2. The van der Waals surface area contributed by atoms with E-state index in [9.17, 15) is 0 Å². The fourth-order valence-corrected chi connectivity index (χ4v) is 3.79. The normalized spacial score (nSPS) is 11.9. The summed E-state index contributed by atoms with van der Waals surface area (Å²) in [7, 11) is 0. The maximum Gasteiger partial charge on any atom is 0.247 e. The number of hydrogen-bond donors (Lipinski definition) is 0. The molecule has 0 radical (unpaired) electrons. The highest BCUT2D eigenvalue weighted by molar-refractivity contribution is 6.32. The summed E-state index contributed by atoms with van der Waals surface area (Å²) < 4.78 is 11.8. The van der Waals surface area contributed by atoms with Crippen LogP contribution in [0.25, 0.3) is 55.4 Å². The molecular weight excluding hydrogens is 360 g/mol. The average Bonchev–Trinajstić information content (AvgIpc) is 3.24. The standard InChI is InChI=1S/C22H11ClN2O2/c23-21-19(25-22-20(24-21)14-6-2-4-8-17(14)27-22)12-9-10-18-15(11-12)13-5-1-3-7-16(13)26-18/h1-11H. The van der Waals surface area contributed by atoms with Gasteiger partial charge in [-0.25, -0.2) is 9.97 Å². The zero-order chi connectivity index (χ0) is 18.0. The third-order valence-corrected chi connectivity index (χ3v) is 5.08. The van der Waals surface area contributed by atoms with Crippen LogP contribution >= 0.6 is 11.6 Å². The molecule has 0 saturated heterocycles. The van der Waals surface area contributed by atoms with Crippen molar-refractivity contribution in [3.63, 3.8) is 0 Å². The average molecular weight is 371 g/mol. The molecule has 6 rings (SSSR count). The summed E-state index contributed by atoms with van der Waals surface area (Å²) in [4.78, 5) is 9.22. The first-order valence-electron chi connectivity index (χ1n) is 8.54. The number of rotatable bonds is 1. The predicted octanol–water partition coefficient (Wildman–Crippen LogP) is 6.60. The van der Waals surface area contributed by atoms with Crippen LogP contribution in [0.15, 0.2) is 75.6 Å². The molecule has 0 spiro atoms. The Bertz CT molecular complexity index is 1500. The molecule has 0 atom stereocenters. The summed E-state index contributed by atoms with van der Waals surface area (Å²) in [6, 6.07) is 21.6. The number of fused-ring (bicyclic) bond motifs is 6. The Morgan fingerprint density at radius 3 is 2.22 bits per heavy atom. The minimum absolute atomic E-state index is 0.348. The summed E-state index contributed by atoms with van der Waals surface area (Å²) in [5, 5.41) is 3.33. The van der Waals surface area contributed by atoms with Crippen LogP contribution in [0.4, 0.5) is 0 Å². The first-order chi connectivity index (χ1) is 13.3. The second-order valence-electron chi connectivity index (χ2n) is 6.42. The smallest absolute Gasteiger partial charge is 0.247 e. The van der Waals surface area contributed by atoms with E-state index in [-0.39, 0.29) is 0 Å². The highest BCUT2D eigenvalue weighted by atomic mass is 35.5. The SMILES string of the molecule is Clc1nc2c(nc1-c1ccc3oc4ccccc4c3c1)oc1ccccc12. The van der Waals surface area contributed by atoms with Gasteiger partial charge >= 0.3 is 0 Å². The Kier molecular flexibility index (Phi) is 2.91. The molecule has 0 aliphatic rings. The van der Waals surface area contributed by atoms with E-state index in [4.69, 9.17) is 20.4 Å². The third-order valence-electron chi connectivity index (χ3n) is 4.82. The lowest BCUT2D eigenvalue weighted by atomic mass is 10.1. The maximum atomic E-state index is 6.50. The first kappa shape index (κ1) is 14.8. The van der Waals surface area contributed by atoms with Crippen molar-refractivity contribution in [2.75, 3.05) is 0 Å². The van der Waals surface area contributed by atoms with Gasteiger partial charge in [0.15, 0.2) is 5.15 Å². The molecule has 4 nitrogen and oxygen atoms in total. The molecule has 0 saturated carbocycles. The Morgan fingerprint density at radius 2 is 1.37 bits per heavy atom. The van der Waals surface area contributed by atoms with Crippen molar-refractivity contribution in [2.45, 2.75) is 0 Å². The number of para-hydroxylation sites is 2. The zero-order valence-electron chi connectivity index (χ0n) is 13.9. The van der Waals surface area contributed by atoms with Crippen molar-refractivity contribution in [1.82, 2.24) is 9.97 Å². The van der Waals surface area contributed by atoms with Crippen LogP contribution in [0, 0.1) is 0 Å². The van der Waals surface area contributed by atoms with Gasteiger partial charge in [-0.15, -0.1) is 0 Å². The van der Waals surface area contributed by atoms with Crippen LogP contribution in [0.5, 0.6) is 0 Å². The van der Waals surface area contributed by atoms with Gasteiger partial charge in [0.2, 0.25) is 5.71 Å². The Morgan fingerprint density at radius 1 is 0.667 bits per heavy atom. The number of nitrogens with zero attached hydrogens (tertiary/aromatic N) is 2. The fraction of sp³-hybridized carbons (Fsp3) is 0. The second-order valence-corrected chi connectivity index (χ2v) is 6.78. The number of halogens is 1. The van der Waals surface area contributed by atoms with Crippen molar-refractivity contribution < 1.29 is 8.83 Å². The van der Waals surface area contributed by atoms with Crippen LogP contribution in [0.2, 0.25) is 5.15 Å². The van der Waals surface area contributed by atoms with Gasteiger partial charge in [0.25, 0.3) is 0 Å². The lowest BCUT2D eigenvalue weighted by molar-refractivity contribution is 0.653. The summed E-state index contributed by atoms with van der Waals surface area (Å²) in [5.74, 6) is 0. The van der Waals surface area contributed by atoms with Gasteiger partial charge in [0.1, 0.15) is 28.0 Å². The van der Waals surface area contributed by atoms with E-state index in [0.717, 1.165) is 38.5 Å². The molecule has 3 aromatic carbocycles. The first-order valence-corrected chi connectivity index (χ1v) is 8.92. The zero-order valence-corrected chi connectivity index (χ0v) is 14.7. The van der Waals surface area contributed by atoms with Gasteiger partial charge in [-0.1, -0.05) is 41.9 Å². The van der Waals surface area contributed by atoms with Crippen LogP contribution < -0.4 is 0 Å². The van der Waals surface area contributed by atoms with Gasteiger partial charge in [0.05, 0.1) is 0 Å². The van der Waals surface area contributed by atoms with E-state index >= 15 is 0 Å². The van der Waals surface area contributed by atoms with E-state index in [1.807, 2.05) is 66.7 Å². The van der Waals surface area contributed by atoms with E-state index < -0.39 is 0 Å². The molecule has 5 heteroatoms. The van der Waals surface area contributed by atoms with Gasteiger partial charge in [-0.05, 0) is 36.4 Å². The number of furan rings is 2. The van der Waals surface area contributed by atoms with Crippen LogP contribution in [0.3, 0.4) is 0 Å². The summed E-state index contributed by atoms with van der Waals surface area (Å²) >= 11 is 6.50. The summed E-state index contributed by atoms with van der Waals surface area (Å²) in [5.41, 5.74) is 5.05. The Balaban J connectivity index is 1.63. The van der Waals surface area contributed by atoms with Crippen LogP contribution in [-0.4, -0.2) is 9.97 Å². The van der Waals surface area contributed by atoms with Crippen molar-refractivity contribution >= 4 is 55.7 Å². The largest absolute Gasteiger partial charge is 0.456 e. The van der Waals surface area contributed by atoms with Crippen molar-refractivity contribution in [1.29, 1.82) is 0 Å². The van der Waals surface area contributed by atoms with E-state index in [1.165, 1.54) is 0 Å². The number of hydrogen-bond acceptors (Lipinski definition) is 4. The highest BCUT2D eigenvalue weighted by Crippen LogP contribution is 2.35. The molecule has 6 aromatic rings. The van der Waals surface area contributed by atoms with E-state index in [2.05, 4.69) is 9.97 Å². The molecule has 3 aromatic heterocycles. The van der Waals surface area contributed by atoms with Gasteiger partial charge in [-0.3, -0.25) is 0 Å². The molecule has 0 unspecified atom stereocenters. The van der Waals surface area contributed by atoms with E-state index in [0.29, 0.717) is 22.1 Å². The monoisotopic (exact) mass is 370 g/mol. The molecule has 3 heterocycles. The fourth-order valence-electron chi connectivity index (χ4n) is 3.56. The van der Waals surface area contributed by atoms with Crippen molar-refractivity contribution in [3.05, 3.63) is 71.9 Å². The van der Waals surface area contributed by atoms with Crippen LogP contribution in [0.1, 0.15) is 0 Å². The second kappa shape index (κ2) is 5.32. The Labute approximate surface area is 158 Å². The summed E-state index contributed by atoms with van der Waals surface area (Å²) in [6.45, 7) is 0. The van der Waals surface area contributed by atoms with Crippen molar-refractivity contribution in [3.8, 4) is 11.3 Å². The molecule has 0 aliphatic heterocycles. The molecule has 0 fully saturated rings. The highest BCUT2D eigenvalue weighted by Gasteiger charge is 2.16. The predicted molar refractivity (Wildman–Crippen MR) is 107 cm³/mol. The Hall–Kier alpha value is -3.37. The van der Waals surface area contributed by atoms with Crippen LogP contribution in [-0.2, 0) is 0 Å². The molecule has 128 valence electrons. The topological polar surface area (TPSA) is 52.1 Å². The lowest BCUT2D eigenvalue weighted by Crippen LogP contribution is -1.89. The van der Waals surface area contributed by atoms with Gasteiger partial charge in [0, 0.05) is 21.7 Å². The lowest BCUT2D eigenvalue weighted by Gasteiger charge is -2.03. The van der Waals surface area contributed by atoms with Crippen molar-refractivity contribution in [2.24, 2.45) is 0 Å². The molecular formula is C22H11ClN2O2. The van der Waals surface area contributed by atoms with Gasteiger partial charge < -0.3 is 8.83 Å². The molecule has 0 bridgehead atoms. The third kappa shape index (κ3) is 2.11. The molecule has 0 N–H and O–H groups in total. The maximum absolute atomic E-state index is 6.50. The molecule has 27 heavy (non-hydrogen) atoms. The van der Waals surface area contributed by atoms with Gasteiger partial charge in [-0.2, -0.15) is 0 Å². The molecule has 0 amide bonds. The van der Waals surface area contributed by atoms with E-state index in [1.54, 1.807) is 0 Å². The molecule has 0 aliphatic carbocycles.